The summed E-state index contributed by atoms with van der Waals surface area (Å²) in [5.74, 6) is -0.410. The van der Waals surface area contributed by atoms with Crippen LogP contribution in [0.15, 0.2) is 48.5 Å². The average molecular weight is 336 g/mol. The van der Waals surface area contributed by atoms with E-state index in [2.05, 4.69) is 11.4 Å². The lowest BCUT2D eigenvalue weighted by Crippen LogP contribution is -2.48. The molecule has 2 amide bonds. The van der Waals surface area contributed by atoms with Crippen LogP contribution >= 0.6 is 0 Å². The van der Waals surface area contributed by atoms with Crippen molar-refractivity contribution in [1.82, 2.24) is 4.90 Å². The summed E-state index contributed by atoms with van der Waals surface area (Å²) in [6, 6.07) is 15.7. The number of fused-ring (bicyclic) bond motifs is 1. The maximum absolute atomic E-state index is 13.0. The van der Waals surface area contributed by atoms with Crippen LogP contribution in [0.3, 0.4) is 0 Å². The molecule has 0 saturated carbocycles. The summed E-state index contributed by atoms with van der Waals surface area (Å²) >= 11 is 0. The van der Waals surface area contributed by atoms with Gasteiger partial charge in [0.05, 0.1) is 0 Å². The minimum atomic E-state index is -1.11. The van der Waals surface area contributed by atoms with Gasteiger partial charge in [0.25, 0.3) is 0 Å². The van der Waals surface area contributed by atoms with Gasteiger partial charge in [0.2, 0.25) is 11.8 Å². The van der Waals surface area contributed by atoms with E-state index in [0.717, 1.165) is 17.5 Å². The number of amides is 2. The van der Waals surface area contributed by atoms with Gasteiger partial charge in [0.1, 0.15) is 5.41 Å². The van der Waals surface area contributed by atoms with Crippen molar-refractivity contribution in [3.8, 4) is 0 Å². The van der Waals surface area contributed by atoms with Crippen LogP contribution in [0, 0.1) is 12.3 Å². The highest BCUT2D eigenvalue weighted by molar-refractivity contribution is 6.09. The Morgan fingerprint density at radius 1 is 1.00 bits per heavy atom. The molecule has 0 bridgehead atoms. The Labute approximate surface area is 148 Å². The summed E-state index contributed by atoms with van der Waals surface area (Å²) in [5.41, 5.74) is 3.17. The van der Waals surface area contributed by atoms with Crippen LogP contribution < -0.4 is 5.32 Å². The zero-order chi connectivity index (χ0) is 18.0. The number of anilines is 1. The Morgan fingerprint density at radius 3 is 2.32 bits per heavy atom. The smallest absolute Gasteiger partial charge is 0.239 e. The van der Waals surface area contributed by atoms with E-state index in [0.29, 0.717) is 18.8 Å². The molecular weight excluding hydrogens is 312 g/mol. The van der Waals surface area contributed by atoms with E-state index in [-0.39, 0.29) is 11.8 Å². The second-order valence-electron chi connectivity index (χ2n) is 7.19. The third-order valence-corrected chi connectivity index (χ3v) is 4.83. The molecule has 1 aliphatic heterocycles. The molecule has 2 aromatic rings. The molecule has 4 nitrogen and oxygen atoms in total. The SMILES string of the molecule is Cc1ccc(NC(=O)C(C)(C)C(=O)N2CCc3ccccc3C2)cc1. The van der Waals surface area contributed by atoms with Crippen molar-refractivity contribution in [2.45, 2.75) is 33.7 Å². The van der Waals surface area contributed by atoms with E-state index >= 15 is 0 Å². The summed E-state index contributed by atoms with van der Waals surface area (Å²) in [6.45, 7) is 6.60. The molecule has 4 heteroatoms. The maximum atomic E-state index is 13.0. The fourth-order valence-electron chi connectivity index (χ4n) is 3.09. The van der Waals surface area contributed by atoms with Gasteiger partial charge >= 0.3 is 0 Å². The predicted molar refractivity (Wildman–Crippen MR) is 99.2 cm³/mol. The normalized spacial score (nSPS) is 14.0. The lowest BCUT2D eigenvalue weighted by molar-refractivity contribution is -0.147. The van der Waals surface area contributed by atoms with Crippen molar-refractivity contribution in [3.05, 3.63) is 65.2 Å². The maximum Gasteiger partial charge on any atom is 0.239 e. The number of nitrogens with one attached hydrogen (secondary N) is 1. The molecule has 0 aromatic heterocycles. The highest BCUT2D eigenvalue weighted by atomic mass is 16.2. The lowest BCUT2D eigenvalue weighted by Gasteiger charge is -2.34. The minimum Gasteiger partial charge on any atom is -0.337 e. The summed E-state index contributed by atoms with van der Waals surface area (Å²) in [6.07, 6.45) is 0.831. The predicted octanol–water partition coefficient (Wildman–Crippen LogP) is 3.54. The first-order chi connectivity index (χ1) is 11.9. The number of hydrogen-bond acceptors (Lipinski definition) is 2. The Balaban J connectivity index is 1.72. The van der Waals surface area contributed by atoms with Crippen molar-refractivity contribution in [3.63, 3.8) is 0 Å². The van der Waals surface area contributed by atoms with Crippen LogP contribution in [-0.2, 0) is 22.6 Å². The third kappa shape index (κ3) is 3.58. The van der Waals surface area contributed by atoms with Crippen LogP contribution in [0.5, 0.6) is 0 Å². The monoisotopic (exact) mass is 336 g/mol. The zero-order valence-corrected chi connectivity index (χ0v) is 15.0. The molecule has 0 radical (unpaired) electrons. The zero-order valence-electron chi connectivity index (χ0n) is 15.0. The summed E-state index contributed by atoms with van der Waals surface area (Å²) in [5, 5.41) is 2.86. The van der Waals surface area contributed by atoms with Crippen molar-refractivity contribution in [1.29, 1.82) is 0 Å². The van der Waals surface area contributed by atoms with Gasteiger partial charge in [-0.1, -0.05) is 42.0 Å². The molecule has 0 atom stereocenters. The van der Waals surface area contributed by atoms with Gasteiger partial charge in [-0.2, -0.15) is 0 Å². The molecule has 25 heavy (non-hydrogen) atoms. The molecule has 0 fully saturated rings. The molecule has 130 valence electrons. The van der Waals surface area contributed by atoms with Gasteiger partial charge in [-0.15, -0.1) is 0 Å². The number of rotatable bonds is 3. The Kier molecular flexibility index (Phi) is 4.62. The fraction of sp³-hybridized carbons (Fsp3) is 0.333. The van der Waals surface area contributed by atoms with Crippen molar-refractivity contribution < 1.29 is 9.59 Å². The largest absolute Gasteiger partial charge is 0.337 e. The standard InChI is InChI=1S/C21H24N2O2/c1-15-8-10-18(11-9-15)22-19(24)21(2,3)20(25)23-13-12-16-6-4-5-7-17(16)14-23/h4-11H,12-14H2,1-3H3,(H,22,24). The summed E-state index contributed by atoms with van der Waals surface area (Å²) in [7, 11) is 0. The number of benzene rings is 2. The second kappa shape index (κ2) is 6.71. The lowest BCUT2D eigenvalue weighted by atomic mass is 9.88. The van der Waals surface area contributed by atoms with Gasteiger partial charge in [0, 0.05) is 18.8 Å². The highest BCUT2D eigenvalue weighted by Crippen LogP contribution is 2.26. The summed E-state index contributed by atoms with van der Waals surface area (Å²) in [4.78, 5) is 27.5. The molecule has 0 saturated heterocycles. The van der Waals surface area contributed by atoms with Crippen molar-refractivity contribution in [2.75, 3.05) is 11.9 Å². The molecule has 0 unspecified atom stereocenters. The van der Waals surface area contributed by atoms with Crippen molar-refractivity contribution in [2.24, 2.45) is 5.41 Å². The first-order valence-corrected chi connectivity index (χ1v) is 8.62. The van der Waals surface area contributed by atoms with Gasteiger partial charge in [0.15, 0.2) is 0 Å². The molecule has 3 rings (SSSR count). The first-order valence-electron chi connectivity index (χ1n) is 8.62. The molecule has 2 aromatic carbocycles. The van der Waals surface area contributed by atoms with Crippen LogP contribution in [0.25, 0.3) is 0 Å². The van der Waals surface area contributed by atoms with Gasteiger partial charge in [-0.3, -0.25) is 9.59 Å². The quantitative estimate of drug-likeness (QED) is 0.872. The number of hydrogen-bond donors (Lipinski definition) is 1. The topological polar surface area (TPSA) is 49.4 Å². The number of carbonyl (C=O) groups excluding carboxylic acids is 2. The Morgan fingerprint density at radius 2 is 1.64 bits per heavy atom. The highest BCUT2D eigenvalue weighted by Gasteiger charge is 2.40. The first kappa shape index (κ1) is 17.2. The van der Waals surface area contributed by atoms with E-state index in [1.807, 2.05) is 49.4 Å². The average Bonchev–Trinajstić information content (AvgIpc) is 2.62. The summed E-state index contributed by atoms with van der Waals surface area (Å²) < 4.78 is 0. The molecule has 1 N–H and O–H groups in total. The Bertz CT molecular complexity index is 794. The van der Waals surface area contributed by atoms with Crippen molar-refractivity contribution >= 4 is 17.5 Å². The number of carbonyl (C=O) groups is 2. The molecule has 0 spiro atoms. The minimum absolute atomic E-state index is 0.133. The van der Waals surface area contributed by atoms with Crippen LogP contribution in [0.4, 0.5) is 5.69 Å². The van der Waals surface area contributed by atoms with E-state index in [1.54, 1.807) is 18.7 Å². The molecule has 0 aliphatic carbocycles. The second-order valence-corrected chi connectivity index (χ2v) is 7.19. The molecule has 1 heterocycles. The Hall–Kier alpha value is -2.62. The van der Waals surface area contributed by atoms with Gasteiger partial charge in [-0.05, 0) is 50.5 Å². The van der Waals surface area contributed by atoms with Crippen LogP contribution in [0.1, 0.15) is 30.5 Å². The third-order valence-electron chi connectivity index (χ3n) is 4.83. The van der Waals surface area contributed by atoms with E-state index in [4.69, 9.17) is 0 Å². The van der Waals surface area contributed by atoms with Crippen LogP contribution in [0.2, 0.25) is 0 Å². The molecule has 1 aliphatic rings. The van der Waals surface area contributed by atoms with E-state index < -0.39 is 5.41 Å². The number of aryl methyl sites for hydroxylation is 1. The van der Waals surface area contributed by atoms with Crippen LogP contribution in [-0.4, -0.2) is 23.3 Å². The molecular formula is C21H24N2O2. The fourth-order valence-corrected chi connectivity index (χ4v) is 3.09. The van der Waals surface area contributed by atoms with Gasteiger partial charge < -0.3 is 10.2 Å². The number of nitrogens with zero attached hydrogens (tertiary/aromatic N) is 1. The van der Waals surface area contributed by atoms with E-state index in [1.165, 1.54) is 5.56 Å². The van der Waals surface area contributed by atoms with Gasteiger partial charge in [-0.25, -0.2) is 0 Å². The van der Waals surface area contributed by atoms with E-state index in [9.17, 15) is 9.59 Å².